The summed E-state index contributed by atoms with van der Waals surface area (Å²) in [6, 6.07) is 9.55. The van der Waals surface area contributed by atoms with Gasteiger partial charge in [-0.3, -0.25) is 4.79 Å². The van der Waals surface area contributed by atoms with E-state index in [0.29, 0.717) is 4.73 Å². The van der Waals surface area contributed by atoms with E-state index in [4.69, 9.17) is 14.3 Å². The van der Waals surface area contributed by atoms with Crippen LogP contribution in [0.5, 0.6) is 11.8 Å². The van der Waals surface area contributed by atoms with Gasteiger partial charge in [-0.2, -0.15) is 0 Å². The van der Waals surface area contributed by atoms with E-state index in [1.165, 1.54) is 0 Å². The fourth-order valence-corrected chi connectivity index (χ4v) is 2.51. The van der Waals surface area contributed by atoms with E-state index in [1.807, 2.05) is 6.07 Å². The van der Waals surface area contributed by atoms with Crippen LogP contribution < -0.4 is 20.8 Å². The van der Waals surface area contributed by atoms with E-state index in [-0.39, 0.29) is 6.61 Å². The third kappa shape index (κ3) is 9.53. The van der Waals surface area contributed by atoms with Gasteiger partial charge in [-0.15, -0.1) is 4.73 Å². The molecule has 13 heteroatoms. The zero-order valence-electron chi connectivity index (χ0n) is 19.4. The minimum absolute atomic E-state index is 0.00704. The van der Waals surface area contributed by atoms with E-state index in [1.54, 1.807) is 45.0 Å². The Balaban J connectivity index is 1.93. The summed E-state index contributed by atoms with van der Waals surface area (Å²) in [7, 11) is 0. The lowest BCUT2D eigenvalue weighted by Gasteiger charge is -2.22. The van der Waals surface area contributed by atoms with Crippen molar-refractivity contribution in [2.75, 3.05) is 13.1 Å². The van der Waals surface area contributed by atoms with Crippen molar-refractivity contribution in [2.45, 2.75) is 39.0 Å². The van der Waals surface area contributed by atoms with Crippen molar-refractivity contribution in [1.29, 1.82) is 0 Å². The molecule has 0 aliphatic heterocycles. The Labute approximate surface area is 200 Å². The first-order valence-electron chi connectivity index (χ1n) is 10.5. The summed E-state index contributed by atoms with van der Waals surface area (Å²) in [6.45, 7) is 3.90. The summed E-state index contributed by atoms with van der Waals surface area (Å²) in [5.74, 6) is -3.11. The molecule has 0 radical (unpaired) electrons. The number of benzene rings is 1. The van der Waals surface area contributed by atoms with E-state index in [9.17, 15) is 29.4 Å². The summed E-state index contributed by atoms with van der Waals surface area (Å²) >= 11 is 0. The van der Waals surface area contributed by atoms with Crippen molar-refractivity contribution < 1.29 is 43.7 Å². The number of aromatic hydroxyl groups is 2. The molecule has 190 valence electrons. The zero-order valence-corrected chi connectivity index (χ0v) is 19.4. The number of carbonyl (C=O) groups is 4. The van der Waals surface area contributed by atoms with Crippen molar-refractivity contribution in [3.8, 4) is 11.8 Å². The van der Waals surface area contributed by atoms with Crippen LogP contribution in [0.4, 0.5) is 9.59 Å². The first kappa shape index (κ1) is 26.8. The SMILES string of the molecule is CC(C)(C)OC(=O)NC[C@@H](NC(=O)CNC(=O)OCc1ccccc1)C(=O)On1c(O)ccc1O. The Kier molecular flexibility index (Phi) is 9.32. The number of carbonyl (C=O) groups excluding carboxylic acids is 4. The highest BCUT2D eigenvalue weighted by molar-refractivity contribution is 5.87. The van der Waals surface area contributed by atoms with Crippen molar-refractivity contribution in [1.82, 2.24) is 20.7 Å². The predicted octanol–water partition coefficient (Wildman–Crippen LogP) is 0.790. The minimum Gasteiger partial charge on any atom is -0.492 e. The Hall–Kier alpha value is -4.42. The Morgan fingerprint density at radius 1 is 0.943 bits per heavy atom. The Morgan fingerprint density at radius 2 is 1.57 bits per heavy atom. The van der Waals surface area contributed by atoms with Gasteiger partial charge in [-0.25, -0.2) is 14.4 Å². The molecule has 3 amide bonds. The lowest BCUT2D eigenvalue weighted by atomic mass is 10.2. The van der Waals surface area contributed by atoms with Crippen LogP contribution in [0.25, 0.3) is 0 Å². The third-order valence-corrected chi connectivity index (χ3v) is 4.05. The summed E-state index contributed by atoms with van der Waals surface area (Å²) in [6.07, 6.45) is -1.73. The molecule has 0 saturated carbocycles. The summed E-state index contributed by atoms with van der Waals surface area (Å²) in [5.41, 5.74) is -0.0598. The molecule has 1 atom stereocenters. The number of hydrogen-bond acceptors (Lipinski definition) is 9. The number of aromatic nitrogens is 1. The summed E-state index contributed by atoms with van der Waals surface area (Å²) in [5, 5.41) is 26.1. The van der Waals surface area contributed by atoms with Gasteiger partial charge in [0.2, 0.25) is 17.7 Å². The molecule has 1 aromatic carbocycles. The predicted molar refractivity (Wildman–Crippen MR) is 120 cm³/mol. The standard InChI is InChI=1S/C22H28N4O9/c1-22(2,3)34-21(32)23-11-15(19(30)35-26-17(28)9-10-18(26)29)25-16(27)12-24-20(31)33-13-14-7-5-4-6-8-14/h4-10,15,28-29H,11-13H2,1-3H3,(H,23,32)(H,24,31)(H,25,27)/t15-/m1/s1. The lowest BCUT2D eigenvalue weighted by molar-refractivity contribution is -0.149. The van der Waals surface area contributed by atoms with Gasteiger partial charge in [-0.05, 0) is 26.3 Å². The van der Waals surface area contributed by atoms with Gasteiger partial charge in [0.25, 0.3) is 0 Å². The number of ether oxygens (including phenoxy) is 2. The second-order valence-electron chi connectivity index (χ2n) is 8.17. The first-order valence-corrected chi connectivity index (χ1v) is 10.5. The van der Waals surface area contributed by atoms with Crippen molar-refractivity contribution in [3.63, 3.8) is 0 Å². The first-order chi connectivity index (χ1) is 16.4. The molecule has 0 fully saturated rings. The average molecular weight is 492 g/mol. The van der Waals surface area contributed by atoms with Crippen LogP contribution in [0, 0.1) is 0 Å². The highest BCUT2D eigenvalue weighted by Gasteiger charge is 2.27. The second-order valence-corrected chi connectivity index (χ2v) is 8.17. The van der Waals surface area contributed by atoms with Crippen LogP contribution in [0.3, 0.4) is 0 Å². The number of nitrogens with zero attached hydrogens (tertiary/aromatic N) is 1. The number of alkyl carbamates (subject to hydrolysis) is 2. The molecule has 1 heterocycles. The molecule has 2 rings (SSSR count). The van der Waals surface area contributed by atoms with Gasteiger partial charge in [0.15, 0.2) is 0 Å². The van der Waals surface area contributed by atoms with Crippen LogP contribution in [-0.2, 0) is 25.7 Å². The monoisotopic (exact) mass is 492 g/mol. The molecular weight excluding hydrogens is 464 g/mol. The molecular formula is C22H28N4O9. The van der Waals surface area contributed by atoms with Gasteiger partial charge < -0.3 is 40.5 Å². The molecule has 0 aliphatic carbocycles. The molecule has 0 unspecified atom stereocenters. The zero-order chi connectivity index (χ0) is 26.0. The smallest absolute Gasteiger partial charge is 0.407 e. The van der Waals surface area contributed by atoms with Crippen molar-refractivity contribution >= 4 is 24.1 Å². The molecule has 5 N–H and O–H groups in total. The molecule has 35 heavy (non-hydrogen) atoms. The van der Waals surface area contributed by atoms with Gasteiger partial charge >= 0.3 is 18.2 Å². The quantitative estimate of drug-likeness (QED) is 0.338. The minimum atomic E-state index is -1.47. The number of nitrogens with one attached hydrogen (secondary N) is 3. The third-order valence-electron chi connectivity index (χ3n) is 4.05. The van der Waals surface area contributed by atoms with Crippen LogP contribution in [-0.4, -0.2) is 63.7 Å². The number of amides is 3. The van der Waals surface area contributed by atoms with Gasteiger partial charge in [0, 0.05) is 12.1 Å². The molecule has 0 aliphatic rings. The van der Waals surface area contributed by atoms with Crippen LogP contribution in [0.2, 0.25) is 0 Å². The number of rotatable bonds is 9. The van der Waals surface area contributed by atoms with Gasteiger partial charge in [0.1, 0.15) is 24.8 Å². The van der Waals surface area contributed by atoms with E-state index >= 15 is 0 Å². The van der Waals surface area contributed by atoms with Crippen molar-refractivity contribution in [2.24, 2.45) is 0 Å². The lowest BCUT2D eigenvalue weighted by Crippen LogP contribution is -2.53. The fourth-order valence-electron chi connectivity index (χ4n) is 2.51. The summed E-state index contributed by atoms with van der Waals surface area (Å²) in [4.78, 5) is 53.5. The molecule has 1 aromatic heterocycles. The molecule has 0 saturated heterocycles. The van der Waals surface area contributed by atoms with E-state index in [0.717, 1.165) is 17.7 Å². The maximum atomic E-state index is 12.6. The van der Waals surface area contributed by atoms with E-state index < -0.39 is 60.6 Å². The van der Waals surface area contributed by atoms with Crippen LogP contribution in [0.15, 0.2) is 42.5 Å². The molecule has 2 aromatic rings. The fraction of sp³-hybridized carbons (Fsp3) is 0.364. The molecule has 0 spiro atoms. The van der Waals surface area contributed by atoms with Crippen LogP contribution >= 0.6 is 0 Å². The maximum absolute atomic E-state index is 12.6. The maximum Gasteiger partial charge on any atom is 0.407 e. The topological polar surface area (TPSA) is 177 Å². The van der Waals surface area contributed by atoms with Gasteiger partial charge in [0.05, 0.1) is 6.54 Å². The Morgan fingerprint density at radius 3 is 2.17 bits per heavy atom. The highest BCUT2D eigenvalue weighted by atomic mass is 16.7. The molecule has 0 bridgehead atoms. The normalized spacial score (nSPS) is 11.6. The second kappa shape index (κ2) is 12.2. The Bertz CT molecular complexity index is 1010. The average Bonchev–Trinajstić information content (AvgIpc) is 3.10. The summed E-state index contributed by atoms with van der Waals surface area (Å²) < 4.78 is 10.5. The van der Waals surface area contributed by atoms with Crippen LogP contribution in [0.1, 0.15) is 26.3 Å². The van der Waals surface area contributed by atoms with E-state index in [2.05, 4.69) is 16.0 Å². The van der Waals surface area contributed by atoms with Gasteiger partial charge in [-0.1, -0.05) is 30.3 Å². The van der Waals surface area contributed by atoms with Crippen molar-refractivity contribution in [3.05, 3.63) is 48.0 Å². The number of hydrogen-bond donors (Lipinski definition) is 5. The largest absolute Gasteiger partial charge is 0.492 e. The molecule has 13 nitrogen and oxygen atoms in total. The highest BCUT2D eigenvalue weighted by Crippen LogP contribution is 2.18.